The van der Waals surface area contributed by atoms with Crippen LogP contribution in [0.15, 0.2) is 12.4 Å². The Morgan fingerprint density at radius 3 is 2.44 bits per heavy atom. The van der Waals surface area contributed by atoms with E-state index in [-0.39, 0.29) is 6.10 Å². The summed E-state index contributed by atoms with van der Waals surface area (Å²) in [7, 11) is 0. The predicted octanol–water partition coefficient (Wildman–Crippen LogP) is 2.45. The van der Waals surface area contributed by atoms with Gasteiger partial charge in [-0.2, -0.15) is 5.26 Å². The van der Waals surface area contributed by atoms with Gasteiger partial charge >= 0.3 is 0 Å². The molecule has 2 rings (SSSR count). The minimum absolute atomic E-state index is 0.268. The Balaban J connectivity index is 1.94. The topological polar surface area (TPSA) is 58.8 Å². The largest absolute Gasteiger partial charge is 0.473 e. The van der Waals surface area contributed by atoms with Crippen LogP contribution in [0.25, 0.3) is 0 Å². The first-order chi connectivity index (χ1) is 7.88. The molecule has 1 aliphatic rings. The molecule has 0 radical (unpaired) electrons. The molecule has 84 valence electrons. The van der Waals surface area contributed by atoms with Gasteiger partial charge in [0.25, 0.3) is 0 Å². The molecule has 1 aromatic heterocycles. The van der Waals surface area contributed by atoms with Gasteiger partial charge in [0.05, 0.1) is 12.4 Å². The van der Waals surface area contributed by atoms with E-state index in [0.717, 1.165) is 12.8 Å². The SMILES string of the molecule is N#Cc1cnc(OC2CCCCCC2)cn1. The van der Waals surface area contributed by atoms with Gasteiger partial charge in [0, 0.05) is 0 Å². The Kier molecular flexibility index (Phi) is 3.71. The third kappa shape index (κ3) is 2.93. The first-order valence-corrected chi connectivity index (χ1v) is 5.77. The zero-order chi connectivity index (χ0) is 11.2. The summed E-state index contributed by atoms with van der Waals surface area (Å²) < 4.78 is 5.75. The summed E-state index contributed by atoms with van der Waals surface area (Å²) in [5.41, 5.74) is 0.327. The Labute approximate surface area is 95.3 Å². The minimum Gasteiger partial charge on any atom is -0.473 e. The molecule has 4 nitrogen and oxygen atoms in total. The molecule has 0 unspecified atom stereocenters. The lowest BCUT2D eigenvalue weighted by atomic mass is 10.1. The second-order valence-electron chi connectivity index (χ2n) is 4.08. The molecule has 0 bridgehead atoms. The number of nitrogens with zero attached hydrogens (tertiary/aromatic N) is 3. The Morgan fingerprint density at radius 1 is 1.12 bits per heavy atom. The molecule has 1 saturated carbocycles. The number of ether oxygens (including phenoxy) is 1. The summed E-state index contributed by atoms with van der Waals surface area (Å²) in [5, 5.41) is 8.59. The van der Waals surface area contributed by atoms with Crippen molar-refractivity contribution in [1.29, 1.82) is 5.26 Å². The van der Waals surface area contributed by atoms with Crippen LogP contribution in [0.1, 0.15) is 44.2 Å². The number of rotatable bonds is 2. The third-order valence-corrected chi connectivity index (χ3v) is 2.83. The molecular formula is C12H15N3O. The summed E-state index contributed by atoms with van der Waals surface area (Å²) >= 11 is 0. The standard InChI is InChI=1S/C12H15N3O/c13-7-10-8-15-12(9-14-10)16-11-5-3-1-2-4-6-11/h8-9,11H,1-6H2. The van der Waals surface area contributed by atoms with Crippen molar-refractivity contribution in [2.75, 3.05) is 0 Å². The highest BCUT2D eigenvalue weighted by atomic mass is 16.5. The van der Waals surface area contributed by atoms with Crippen molar-refractivity contribution in [2.45, 2.75) is 44.6 Å². The van der Waals surface area contributed by atoms with E-state index in [9.17, 15) is 0 Å². The molecule has 4 heteroatoms. The van der Waals surface area contributed by atoms with Gasteiger partial charge in [0.1, 0.15) is 12.2 Å². The van der Waals surface area contributed by atoms with Crippen molar-refractivity contribution in [2.24, 2.45) is 0 Å². The highest BCUT2D eigenvalue weighted by Crippen LogP contribution is 2.21. The molecule has 16 heavy (non-hydrogen) atoms. The van der Waals surface area contributed by atoms with E-state index in [1.807, 2.05) is 6.07 Å². The molecule has 0 saturated heterocycles. The lowest BCUT2D eigenvalue weighted by Gasteiger charge is -2.15. The maximum absolute atomic E-state index is 8.59. The van der Waals surface area contributed by atoms with E-state index < -0.39 is 0 Å². The van der Waals surface area contributed by atoms with Crippen LogP contribution < -0.4 is 4.74 Å². The molecule has 0 aliphatic heterocycles. The van der Waals surface area contributed by atoms with Gasteiger partial charge in [-0.15, -0.1) is 0 Å². The van der Waals surface area contributed by atoms with Gasteiger partial charge in [-0.05, 0) is 25.7 Å². The lowest BCUT2D eigenvalue weighted by molar-refractivity contribution is 0.175. The van der Waals surface area contributed by atoms with Gasteiger partial charge in [0.15, 0.2) is 5.69 Å². The molecule has 1 aromatic rings. The average Bonchev–Trinajstić information content (AvgIpc) is 2.59. The second kappa shape index (κ2) is 5.45. The van der Waals surface area contributed by atoms with E-state index in [1.165, 1.54) is 38.1 Å². The molecule has 1 heterocycles. The van der Waals surface area contributed by atoms with Crippen LogP contribution in [-0.4, -0.2) is 16.1 Å². The van der Waals surface area contributed by atoms with E-state index in [2.05, 4.69) is 9.97 Å². The monoisotopic (exact) mass is 217 g/mol. The maximum Gasteiger partial charge on any atom is 0.232 e. The van der Waals surface area contributed by atoms with Crippen molar-refractivity contribution in [3.63, 3.8) is 0 Å². The zero-order valence-corrected chi connectivity index (χ0v) is 9.22. The van der Waals surface area contributed by atoms with Crippen LogP contribution in [0.3, 0.4) is 0 Å². The van der Waals surface area contributed by atoms with Gasteiger partial charge < -0.3 is 4.74 Å². The van der Waals surface area contributed by atoms with E-state index in [0.29, 0.717) is 11.6 Å². The number of aromatic nitrogens is 2. The van der Waals surface area contributed by atoms with E-state index >= 15 is 0 Å². The summed E-state index contributed by atoms with van der Waals surface area (Å²) in [4.78, 5) is 8.00. The fraction of sp³-hybridized carbons (Fsp3) is 0.583. The summed E-state index contributed by atoms with van der Waals surface area (Å²) in [6, 6.07) is 1.94. The smallest absolute Gasteiger partial charge is 0.232 e. The second-order valence-corrected chi connectivity index (χ2v) is 4.08. The van der Waals surface area contributed by atoms with Crippen molar-refractivity contribution in [3.8, 4) is 11.9 Å². The van der Waals surface area contributed by atoms with Gasteiger partial charge in [-0.1, -0.05) is 12.8 Å². The highest BCUT2D eigenvalue weighted by Gasteiger charge is 2.14. The fourth-order valence-corrected chi connectivity index (χ4v) is 1.97. The highest BCUT2D eigenvalue weighted by molar-refractivity contribution is 5.18. The van der Waals surface area contributed by atoms with E-state index in [4.69, 9.17) is 10.00 Å². The first kappa shape index (κ1) is 10.9. The van der Waals surface area contributed by atoms with Crippen molar-refractivity contribution < 1.29 is 4.74 Å². The normalized spacial score (nSPS) is 17.4. The zero-order valence-electron chi connectivity index (χ0n) is 9.22. The molecule has 1 aliphatic carbocycles. The van der Waals surface area contributed by atoms with Crippen LogP contribution >= 0.6 is 0 Å². The van der Waals surface area contributed by atoms with Crippen molar-refractivity contribution in [3.05, 3.63) is 18.1 Å². The molecule has 0 spiro atoms. The van der Waals surface area contributed by atoms with Crippen LogP contribution in [0.2, 0.25) is 0 Å². The van der Waals surface area contributed by atoms with Gasteiger partial charge in [-0.3, -0.25) is 0 Å². The van der Waals surface area contributed by atoms with Crippen LogP contribution in [0.4, 0.5) is 0 Å². The van der Waals surface area contributed by atoms with E-state index in [1.54, 1.807) is 0 Å². The Hall–Kier alpha value is -1.63. The Morgan fingerprint density at radius 2 is 1.88 bits per heavy atom. The van der Waals surface area contributed by atoms with Crippen molar-refractivity contribution >= 4 is 0 Å². The number of nitriles is 1. The summed E-state index contributed by atoms with van der Waals surface area (Å²) in [5.74, 6) is 0.533. The molecule has 0 N–H and O–H groups in total. The van der Waals surface area contributed by atoms with Crippen LogP contribution in [0, 0.1) is 11.3 Å². The average molecular weight is 217 g/mol. The number of hydrogen-bond acceptors (Lipinski definition) is 4. The first-order valence-electron chi connectivity index (χ1n) is 5.77. The lowest BCUT2D eigenvalue weighted by Crippen LogP contribution is -2.15. The minimum atomic E-state index is 0.268. The predicted molar refractivity (Wildman–Crippen MR) is 58.9 cm³/mol. The van der Waals surface area contributed by atoms with Gasteiger partial charge in [-0.25, -0.2) is 9.97 Å². The molecule has 0 atom stereocenters. The molecular weight excluding hydrogens is 202 g/mol. The van der Waals surface area contributed by atoms with Crippen LogP contribution in [0.5, 0.6) is 5.88 Å². The van der Waals surface area contributed by atoms with Crippen molar-refractivity contribution in [1.82, 2.24) is 9.97 Å². The number of hydrogen-bond donors (Lipinski definition) is 0. The third-order valence-electron chi connectivity index (χ3n) is 2.83. The quantitative estimate of drug-likeness (QED) is 0.714. The van der Waals surface area contributed by atoms with Crippen LogP contribution in [-0.2, 0) is 0 Å². The molecule has 1 fully saturated rings. The summed E-state index contributed by atoms with van der Waals surface area (Å²) in [6.45, 7) is 0. The molecule has 0 amide bonds. The summed E-state index contributed by atoms with van der Waals surface area (Å²) in [6.07, 6.45) is 10.5. The maximum atomic E-state index is 8.59. The molecule has 0 aromatic carbocycles. The fourth-order valence-electron chi connectivity index (χ4n) is 1.97. The van der Waals surface area contributed by atoms with Gasteiger partial charge in [0.2, 0.25) is 5.88 Å². The Bertz CT molecular complexity index is 361.